The molecule has 0 aliphatic heterocycles. The zero-order valence-electron chi connectivity index (χ0n) is 12.8. The summed E-state index contributed by atoms with van der Waals surface area (Å²) in [6.07, 6.45) is 0. The lowest BCUT2D eigenvalue weighted by Gasteiger charge is -2.23. The van der Waals surface area contributed by atoms with Crippen molar-refractivity contribution in [2.45, 2.75) is 32.9 Å². The van der Waals surface area contributed by atoms with Crippen LogP contribution in [0, 0.1) is 0 Å². The first kappa shape index (κ1) is 17.3. The smallest absolute Gasteiger partial charge is 0.231 e. The highest BCUT2D eigenvalue weighted by Gasteiger charge is 2.14. The van der Waals surface area contributed by atoms with Crippen molar-refractivity contribution in [2.75, 3.05) is 47.6 Å². The van der Waals surface area contributed by atoms with Crippen LogP contribution in [-0.4, -0.2) is 52.8 Å². The van der Waals surface area contributed by atoms with Gasteiger partial charge >= 0.3 is 0 Å². The van der Waals surface area contributed by atoms with E-state index in [-0.39, 0.29) is 0 Å². The van der Waals surface area contributed by atoms with Gasteiger partial charge in [-0.1, -0.05) is 11.8 Å². The number of alkyl halides is 1. The summed E-state index contributed by atoms with van der Waals surface area (Å²) in [5.41, 5.74) is 0. The second kappa shape index (κ2) is 9.23. The summed E-state index contributed by atoms with van der Waals surface area (Å²) in [6, 6.07) is 0. The molecule has 0 saturated carbocycles. The maximum absolute atomic E-state index is 5.75. The predicted octanol–water partition coefficient (Wildman–Crippen LogP) is 2.89. The van der Waals surface area contributed by atoms with Crippen molar-refractivity contribution in [3.8, 4) is 0 Å². The van der Waals surface area contributed by atoms with Gasteiger partial charge in [-0.25, -0.2) is 0 Å². The van der Waals surface area contributed by atoms with Crippen LogP contribution in [-0.2, 0) is 0 Å². The molecular formula is C13H24ClN5S. The van der Waals surface area contributed by atoms with Crippen LogP contribution in [0.5, 0.6) is 0 Å². The number of aromatic nitrogens is 3. The van der Waals surface area contributed by atoms with Gasteiger partial charge in [-0.2, -0.15) is 15.0 Å². The monoisotopic (exact) mass is 317 g/mol. The van der Waals surface area contributed by atoms with Crippen LogP contribution >= 0.6 is 23.4 Å². The molecule has 1 aromatic heterocycles. The standard InChI is InChI=1S/C13H24ClN5S/c1-5-18(6-2)11-15-12(19(7-3)8-4)17-13(16-11)20-10-9-14/h5-10H2,1-4H3. The van der Waals surface area contributed by atoms with Gasteiger partial charge in [0, 0.05) is 37.8 Å². The van der Waals surface area contributed by atoms with E-state index < -0.39 is 0 Å². The molecule has 0 bridgehead atoms. The van der Waals surface area contributed by atoms with Gasteiger partial charge in [-0.3, -0.25) is 0 Å². The Hall–Kier alpha value is -0.750. The number of thioether (sulfide) groups is 1. The number of nitrogens with zero attached hydrogens (tertiary/aromatic N) is 5. The normalized spacial score (nSPS) is 10.7. The molecule has 0 unspecified atom stereocenters. The fraction of sp³-hybridized carbons (Fsp3) is 0.769. The van der Waals surface area contributed by atoms with Crippen LogP contribution in [0.15, 0.2) is 5.16 Å². The average Bonchev–Trinajstić information content (AvgIpc) is 2.47. The predicted molar refractivity (Wildman–Crippen MR) is 88.4 cm³/mol. The molecule has 0 saturated heterocycles. The number of hydrogen-bond acceptors (Lipinski definition) is 6. The largest absolute Gasteiger partial charge is 0.341 e. The van der Waals surface area contributed by atoms with Crippen LogP contribution in [0.2, 0.25) is 0 Å². The summed E-state index contributed by atoms with van der Waals surface area (Å²) < 4.78 is 0. The molecule has 0 atom stereocenters. The fourth-order valence-corrected chi connectivity index (χ4v) is 2.61. The van der Waals surface area contributed by atoms with Crippen molar-refractivity contribution in [3.63, 3.8) is 0 Å². The second-order valence-corrected chi connectivity index (χ2v) is 5.54. The van der Waals surface area contributed by atoms with Gasteiger partial charge in [0.15, 0.2) is 5.16 Å². The SMILES string of the molecule is CCN(CC)c1nc(SCCCl)nc(N(CC)CC)n1. The lowest BCUT2D eigenvalue weighted by molar-refractivity contribution is 0.746. The molecule has 114 valence electrons. The Morgan fingerprint density at radius 1 is 0.850 bits per heavy atom. The zero-order chi connectivity index (χ0) is 15.0. The summed E-state index contributed by atoms with van der Waals surface area (Å²) in [6.45, 7) is 12.0. The van der Waals surface area contributed by atoms with Crippen LogP contribution < -0.4 is 9.80 Å². The lowest BCUT2D eigenvalue weighted by Crippen LogP contribution is -2.28. The number of hydrogen-bond donors (Lipinski definition) is 0. The van der Waals surface area contributed by atoms with Crippen molar-refractivity contribution >= 4 is 35.3 Å². The zero-order valence-corrected chi connectivity index (χ0v) is 14.3. The Kier molecular flexibility index (Phi) is 7.99. The van der Waals surface area contributed by atoms with Crippen molar-refractivity contribution in [1.82, 2.24) is 15.0 Å². The first-order valence-electron chi connectivity index (χ1n) is 7.14. The summed E-state index contributed by atoms with van der Waals surface area (Å²) >= 11 is 7.33. The number of anilines is 2. The third-order valence-corrected chi connectivity index (χ3v) is 4.25. The van der Waals surface area contributed by atoms with Gasteiger partial charge in [-0.05, 0) is 27.7 Å². The summed E-state index contributed by atoms with van der Waals surface area (Å²) in [5, 5.41) is 0.754. The topological polar surface area (TPSA) is 45.2 Å². The van der Waals surface area contributed by atoms with E-state index in [0.717, 1.165) is 49.0 Å². The highest BCUT2D eigenvalue weighted by atomic mass is 35.5. The minimum atomic E-state index is 0.595. The molecule has 1 heterocycles. The summed E-state index contributed by atoms with van der Waals surface area (Å²) in [7, 11) is 0. The van der Waals surface area contributed by atoms with E-state index >= 15 is 0 Å². The van der Waals surface area contributed by atoms with Crippen LogP contribution in [0.1, 0.15) is 27.7 Å². The van der Waals surface area contributed by atoms with Gasteiger partial charge in [0.25, 0.3) is 0 Å². The van der Waals surface area contributed by atoms with Crippen LogP contribution in [0.4, 0.5) is 11.9 Å². The van der Waals surface area contributed by atoms with Crippen molar-refractivity contribution in [2.24, 2.45) is 0 Å². The molecule has 1 rings (SSSR count). The number of rotatable bonds is 9. The Labute approximate surface area is 131 Å². The molecule has 0 N–H and O–H groups in total. The van der Waals surface area contributed by atoms with E-state index in [2.05, 4.69) is 52.4 Å². The quantitative estimate of drug-likeness (QED) is 0.515. The van der Waals surface area contributed by atoms with Gasteiger partial charge in [0.1, 0.15) is 0 Å². The first-order chi connectivity index (χ1) is 9.69. The van der Waals surface area contributed by atoms with E-state index in [1.165, 1.54) is 0 Å². The minimum Gasteiger partial charge on any atom is -0.341 e. The van der Waals surface area contributed by atoms with E-state index in [1.54, 1.807) is 11.8 Å². The summed E-state index contributed by atoms with van der Waals surface area (Å²) in [5.74, 6) is 2.91. The minimum absolute atomic E-state index is 0.595. The molecule has 0 radical (unpaired) electrons. The molecule has 0 amide bonds. The first-order valence-corrected chi connectivity index (χ1v) is 8.66. The fourth-order valence-electron chi connectivity index (χ4n) is 1.83. The molecule has 7 heteroatoms. The molecule has 20 heavy (non-hydrogen) atoms. The van der Waals surface area contributed by atoms with Gasteiger partial charge in [0.2, 0.25) is 11.9 Å². The van der Waals surface area contributed by atoms with Crippen molar-refractivity contribution in [1.29, 1.82) is 0 Å². The maximum atomic E-state index is 5.75. The Bertz CT molecular complexity index is 366. The number of halogens is 1. The molecule has 0 aromatic carbocycles. The van der Waals surface area contributed by atoms with Crippen LogP contribution in [0.25, 0.3) is 0 Å². The Morgan fingerprint density at radius 2 is 1.30 bits per heavy atom. The summed E-state index contributed by atoms with van der Waals surface area (Å²) in [4.78, 5) is 18.0. The van der Waals surface area contributed by atoms with E-state index in [1.807, 2.05) is 0 Å². The molecule has 0 fully saturated rings. The molecule has 5 nitrogen and oxygen atoms in total. The van der Waals surface area contributed by atoms with E-state index in [0.29, 0.717) is 5.88 Å². The van der Waals surface area contributed by atoms with Crippen molar-refractivity contribution in [3.05, 3.63) is 0 Å². The molecule has 0 aliphatic carbocycles. The average molecular weight is 318 g/mol. The van der Waals surface area contributed by atoms with Crippen molar-refractivity contribution < 1.29 is 0 Å². The van der Waals surface area contributed by atoms with E-state index in [4.69, 9.17) is 11.6 Å². The van der Waals surface area contributed by atoms with E-state index in [9.17, 15) is 0 Å². The highest BCUT2D eigenvalue weighted by molar-refractivity contribution is 7.99. The molecule has 0 aliphatic rings. The second-order valence-electron chi connectivity index (χ2n) is 4.10. The highest BCUT2D eigenvalue weighted by Crippen LogP contribution is 2.20. The third-order valence-electron chi connectivity index (χ3n) is 2.99. The molecular weight excluding hydrogens is 294 g/mol. The van der Waals surface area contributed by atoms with Crippen LogP contribution in [0.3, 0.4) is 0 Å². The lowest BCUT2D eigenvalue weighted by atomic mass is 10.5. The Morgan fingerprint density at radius 3 is 1.65 bits per heavy atom. The molecule has 1 aromatic rings. The van der Waals surface area contributed by atoms with Gasteiger partial charge in [-0.15, -0.1) is 11.6 Å². The van der Waals surface area contributed by atoms with Gasteiger partial charge < -0.3 is 9.80 Å². The maximum Gasteiger partial charge on any atom is 0.231 e. The molecule has 0 spiro atoms. The third kappa shape index (κ3) is 4.66. The Balaban J connectivity index is 3.12. The van der Waals surface area contributed by atoms with Gasteiger partial charge in [0.05, 0.1) is 0 Å².